The quantitative estimate of drug-likeness (QED) is 0.470. The SMILES string of the molecule is CCN(Cc1nc(-c2ccc(OC)c(OC)c2)no1)S(=O)(=O)c1cc(Cl)ccc1OC. The maximum Gasteiger partial charge on any atom is 0.247 e. The van der Waals surface area contributed by atoms with Crippen molar-refractivity contribution in [1.82, 2.24) is 14.4 Å². The van der Waals surface area contributed by atoms with E-state index in [1.54, 1.807) is 38.3 Å². The van der Waals surface area contributed by atoms with Gasteiger partial charge in [-0.1, -0.05) is 23.7 Å². The Balaban J connectivity index is 1.89. The van der Waals surface area contributed by atoms with Gasteiger partial charge in [-0.3, -0.25) is 0 Å². The molecule has 0 aliphatic carbocycles. The Bertz CT molecular complexity index is 1170. The van der Waals surface area contributed by atoms with Gasteiger partial charge in [-0.2, -0.15) is 9.29 Å². The molecule has 0 N–H and O–H groups in total. The molecule has 0 unspecified atom stereocenters. The predicted molar refractivity (Wildman–Crippen MR) is 114 cm³/mol. The fourth-order valence-corrected chi connectivity index (χ4v) is 4.74. The number of ether oxygens (including phenoxy) is 3. The Morgan fingerprint density at radius 1 is 1.00 bits per heavy atom. The van der Waals surface area contributed by atoms with Crippen LogP contribution in [0.3, 0.4) is 0 Å². The minimum Gasteiger partial charge on any atom is -0.495 e. The molecule has 0 fully saturated rings. The van der Waals surface area contributed by atoms with E-state index in [0.29, 0.717) is 22.9 Å². The third-order valence-corrected chi connectivity index (χ3v) is 6.69. The van der Waals surface area contributed by atoms with E-state index >= 15 is 0 Å². The minimum absolute atomic E-state index is 0.0380. The molecule has 11 heteroatoms. The summed E-state index contributed by atoms with van der Waals surface area (Å²) in [6, 6.07) is 9.59. The van der Waals surface area contributed by atoms with Gasteiger partial charge in [0.1, 0.15) is 10.6 Å². The monoisotopic (exact) mass is 467 g/mol. The summed E-state index contributed by atoms with van der Waals surface area (Å²) in [7, 11) is 0.530. The number of methoxy groups -OCH3 is 3. The van der Waals surface area contributed by atoms with Crippen LogP contribution in [0.15, 0.2) is 45.8 Å². The second kappa shape index (κ2) is 9.54. The number of rotatable bonds is 9. The van der Waals surface area contributed by atoms with Crippen LogP contribution in [0, 0.1) is 0 Å². The van der Waals surface area contributed by atoms with E-state index in [9.17, 15) is 8.42 Å². The Kier molecular flexibility index (Phi) is 7.04. The average Bonchev–Trinajstić information content (AvgIpc) is 3.25. The lowest BCUT2D eigenvalue weighted by molar-refractivity contribution is 0.320. The van der Waals surface area contributed by atoms with Crippen LogP contribution in [0.5, 0.6) is 17.2 Å². The van der Waals surface area contributed by atoms with Crippen molar-refractivity contribution in [2.24, 2.45) is 0 Å². The first-order valence-corrected chi connectivity index (χ1v) is 11.0. The molecule has 1 heterocycles. The van der Waals surface area contributed by atoms with Gasteiger partial charge in [-0.05, 0) is 36.4 Å². The highest BCUT2D eigenvalue weighted by Gasteiger charge is 2.29. The number of halogens is 1. The smallest absolute Gasteiger partial charge is 0.247 e. The summed E-state index contributed by atoms with van der Waals surface area (Å²) in [5.74, 6) is 1.70. The largest absolute Gasteiger partial charge is 0.495 e. The fourth-order valence-electron chi connectivity index (χ4n) is 2.92. The molecular weight excluding hydrogens is 446 g/mol. The van der Waals surface area contributed by atoms with Crippen LogP contribution in [-0.4, -0.2) is 50.7 Å². The van der Waals surface area contributed by atoms with E-state index in [2.05, 4.69) is 10.1 Å². The summed E-state index contributed by atoms with van der Waals surface area (Å²) in [6.45, 7) is 1.76. The maximum absolute atomic E-state index is 13.2. The van der Waals surface area contributed by atoms with E-state index in [1.165, 1.54) is 30.7 Å². The molecule has 9 nitrogen and oxygen atoms in total. The van der Waals surface area contributed by atoms with E-state index in [0.717, 1.165) is 0 Å². The van der Waals surface area contributed by atoms with Crippen molar-refractivity contribution in [3.05, 3.63) is 47.3 Å². The second-order valence-electron chi connectivity index (χ2n) is 6.31. The Hall–Kier alpha value is -2.82. The highest BCUT2D eigenvalue weighted by Crippen LogP contribution is 2.32. The van der Waals surface area contributed by atoms with Crippen LogP contribution in [0.4, 0.5) is 0 Å². The number of benzene rings is 2. The number of sulfonamides is 1. The predicted octanol–water partition coefficient (Wildman–Crippen LogP) is 3.63. The summed E-state index contributed by atoms with van der Waals surface area (Å²) < 4.78 is 48.6. The molecule has 3 rings (SSSR count). The van der Waals surface area contributed by atoms with E-state index in [4.69, 9.17) is 30.3 Å². The minimum atomic E-state index is -3.93. The molecule has 0 bridgehead atoms. The lowest BCUT2D eigenvalue weighted by Gasteiger charge is -2.20. The topological polar surface area (TPSA) is 104 Å². The van der Waals surface area contributed by atoms with Crippen molar-refractivity contribution in [2.75, 3.05) is 27.9 Å². The first kappa shape index (κ1) is 22.9. The fraction of sp³-hybridized carbons (Fsp3) is 0.300. The standard InChI is InChI=1S/C20H22ClN3O6S/c1-5-24(31(25,26)18-11-14(21)7-9-16(18)28-3)12-19-22-20(23-30-19)13-6-8-15(27-2)17(10-13)29-4/h6-11H,5,12H2,1-4H3. The van der Waals surface area contributed by atoms with Gasteiger partial charge in [0.25, 0.3) is 0 Å². The molecule has 0 saturated heterocycles. The van der Waals surface area contributed by atoms with Crippen molar-refractivity contribution in [2.45, 2.75) is 18.4 Å². The third kappa shape index (κ3) is 4.76. The Labute approximate surface area is 185 Å². The van der Waals surface area contributed by atoms with Crippen LogP contribution in [0.25, 0.3) is 11.4 Å². The molecule has 0 spiro atoms. The summed E-state index contributed by atoms with van der Waals surface area (Å²) in [4.78, 5) is 4.29. The normalized spacial score (nSPS) is 11.5. The van der Waals surface area contributed by atoms with Crippen molar-refractivity contribution in [3.63, 3.8) is 0 Å². The molecule has 1 aromatic heterocycles. The van der Waals surface area contributed by atoms with Crippen LogP contribution < -0.4 is 14.2 Å². The van der Waals surface area contributed by atoms with E-state index in [1.807, 2.05) is 0 Å². The van der Waals surface area contributed by atoms with Gasteiger partial charge in [0, 0.05) is 17.1 Å². The van der Waals surface area contributed by atoms with Crippen molar-refractivity contribution < 1.29 is 27.2 Å². The van der Waals surface area contributed by atoms with Gasteiger partial charge in [-0.25, -0.2) is 8.42 Å². The van der Waals surface area contributed by atoms with Crippen LogP contribution in [0.1, 0.15) is 12.8 Å². The molecular formula is C20H22ClN3O6S. The second-order valence-corrected chi connectivity index (χ2v) is 8.65. The van der Waals surface area contributed by atoms with E-state index in [-0.39, 0.29) is 34.6 Å². The zero-order valence-electron chi connectivity index (χ0n) is 17.5. The number of aromatic nitrogens is 2. The van der Waals surface area contributed by atoms with Gasteiger partial charge < -0.3 is 18.7 Å². The molecule has 0 radical (unpaired) electrons. The molecule has 0 amide bonds. The third-order valence-electron chi connectivity index (χ3n) is 4.52. The molecule has 2 aromatic carbocycles. The van der Waals surface area contributed by atoms with Gasteiger partial charge in [0.2, 0.25) is 21.7 Å². The van der Waals surface area contributed by atoms with Gasteiger partial charge >= 0.3 is 0 Å². The summed E-state index contributed by atoms with van der Waals surface area (Å²) in [5, 5.41) is 4.24. The van der Waals surface area contributed by atoms with Gasteiger partial charge in [0.15, 0.2) is 11.5 Å². The lowest BCUT2D eigenvalue weighted by atomic mass is 10.2. The maximum atomic E-state index is 13.2. The molecule has 3 aromatic rings. The van der Waals surface area contributed by atoms with Gasteiger partial charge in [-0.15, -0.1) is 0 Å². The molecule has 31 heavy (non-hydrogen) atoms. The zero-order valence-corrected chi connectivity index (χ0v) is 19.0. The van der Waals surface area contributed by atoms with Gasteiger partial charge in [0.05, 0.1) is 27.9 Å². The Morgan fingerprint density at radius 2 is 1.68 bits per heavy atom. The highest BCUT2D eigenvalue weighted by atomic mass is 35.5. The number of hydrogen-bond donors (Lipinski definition) is 0. The zero-order chi connectivity index (χ0) is 22.6. The van der Waals surface area contributed by atoms with E-state index < -0.39 is 10.0 Å². The van der Waals surface area contributed by atoms with Crippen LogP contribution in [-0.2, 0) is 16.6 Å². The lowest BCUT2D eigenvalue weighted by Crippen LogP contribution is -2.31. The number of nitrogens with zero attached hydrogens (tertiary/aromatic N) is 3. The van der Waals surface area contributed by atoms with Crippen molar-refractivity contribution in [3.8, 4) is 28.6 Å². The van der Waals surface area contributed by atoms with Crippen molar-refractivity contribution >= 4 is 21.6 Å². The molecule has 0 saturated carbocycles. The summed E-state index contributed by atoms with van der Waals surface area (Å²) >= 11 is 6.01. The summed E-state index contributed by atoms with van der Waals surface area (Å²) in [5.41, 5.74) is 0.634. The van der Waals surface area contributed by atoms with Crippen molar-refractivity contribution in [1.29, 1.82) is 0 Å². The molecule has 166 valence electrons. The molecule has 0 aliphatic rings. The highest BCUT2D eigenvalue weighted by molar-refractivity contribution is 7.89. The Morgan fingerprint density at radius 3 is 2.32 bits per heavy atom. The van der Waals surface area contributed by atoms with Crippen LogP contribution in [0.2, 0.25) is 5.02 Å². The first-order chi connectivity index (χ1) is 14.8. The van der Waals surface area contributed by atoms with Crippen LogP contribution >= 0.6 is 11.6 Å². The molecule has 0 atom stereocenters. The first-order valence-electron chi connectivity index (χ1n) is 9.22. The summed E-state index contributed by atoms with van der Waals surface area (Å²) in [6.07, 6.45) is 0. The number of hydrogen-bond acceptors (Lipinski definition) is 8. The average molecular weight is 468 g/mol. The molecule has 0 aliphatic heterocycles.